The summed E-state index contributed by atoms with van der Waals surface area (Å²) in [6.07, 6.45) is 1.98. The number of rotatable bonds is 5. The first-order valence-corrected chi connectivity index (χ1v) is 7.96. The van der Waals surface area contributed by atoms with Gasteiger partial charge in [0, 0.05) is 32.0 Å². The Labute approximate surface area is 136 Å². The van der Waals surface area contributed by atoms with Crippen molar-refractivity contribution in [3.63, 3.8) is 0 Å². The maximum Gasteiger partial charge on any atom is 0.337 e. The van der Waals surface area contributed by atoms with Crippen LogP contribution in [0.15, 0.2) is 24.3 Å². The summed E-state index contributed by atoms with van der Waals surface area (Å²) < 4.78 is 10.0. The van der Waals surface area contributed by atoms with Crippen LogP contribution in [0.3, 0.4) is 0 Å². The summed E-state index contributed by atoms with van der Waals surface area (Å²) in [5.41, 5.74) is 1.00. The zero-order valence-corrected chi connectivity index (χ0v) is 13.7. The van der Waals surface area contributed by atoms with E-state index in [1.165, 1.54) is 7.11 Å². The van der Waals surface area contributed by atoms with E-state index in [-0.39, 0.29) is 6.03 Å². The standard InChI is InChI=1S/C17H24N2O4/c1-3-19(12-13-7-9-23-10-8-13)17(21)18-15-6-4-5-14(11-15)16(20)22-2/h4-6,11,13H,3,7-10,12H2,1-2H3,(H,18,21). The molecule has 1 aromatic carbocycles. The van der Waals surface area contributed by atoms with E-state index in [1.807, 2.05) is 6.92 Å². The van der Waals surface area contributed by atoms with E-state index in [9.17, 15) is 9.59 Å². The van der Waals surface area contributed by atoms with E-state index in [2.05, 4.69) is 5.32 Å². The first kappa shape index (κ1) is 17.3. The topological polar surface area (TPSA) is 67.9 Å². The second-order valence-corrected chi connectivity index (χ2v) is 5.60. The van der Waals surface area contributed by atoms with Crippen LogP contribution in [0.5, 0.6) is 0 Å². The fourth-order valence-electron chi connectivity index (χ4n) is 2.64. The summed E-state index contributed by atoms with van der Waals surface area (Å²) in [4.78, 5) is 25.8. The lowest BCUT2D eigenvalue weighted by atomic mass is 10.00. The number of benzene rings is 1. The van der Waals surface area contributed by atoms with Crippen LogP contribution in [0.1, 0.15) is 30.1 Å². The molecule has 1 aliphatic heterocycles. The number of amides is 2. The lowest BCUT2D eigenvalue weighted by Gasteiger charge is -2.29. The number of ether oxygens (including phenoxy) is 2. The van der Waals surface area contributed by atoms with E-state index in [0.717, 1.165) is 32.6 Å². The van der Waals surface area contributed by atoms with Crippen molar-refractivity contribution in [3.8, 4) is 0 Å². The minimum atomic E-state index is -0.421. The highest BCUT2D eigenvalue weighted by atomic mass is 16.5. The molecule has 6 nitrogen and oxygen atoms in total. The van der Waals surface area contributed by atoms with Crippen molar-refractivity contribution in [1.29, 1.82) is 0 Å². The second-order valence-electron chi connectivity index (χ2n) is 5.60. The molecule has 126 valence electrons. The van der Waals surface area contributed by atoms with Crippen LogP contribution in [0.4, 0.5) is 10.5 Å². The fourth-order valence-corrected chi connectivity index (χ4v) is 2.64. The van der Waals surface area contributed by atoms with E-state index >= 15 is 0 Å². The summed E-state index contributed by atoms with van der Waals surface area (Å²) in [5, 5.41) is 2.85. The number of urea groups is 1. The van der Waals surface area contributed by atoms with Gasteiger partial charge in [0.1, 0.15) is 0 Å². The number of hydrogen-bond acceptors (Lipinski definition) is 4. The summed E-state index contributed by atoms with van der Waals surface area (Å²) in [6.45, 7) is 4.86. The van der Waals surface area contributed by atoms with Crippen molar-refractivity contribution in [3.05, 3.63) is 29.8 Å². The van der Waals surface area contributed by atoms with Crippen molar-refractivity contribution in [2.45, 2.75) is 19.8 Å². The molecule has 0 aromatic heterocycles. The minimum Gasteiger partial charge on any atom is -0.465 e. The van der Waals surface area contributed by atoms with Crippen LogP contribution in [-0.4, -0.2) is 50.3 Å². The van der Waals surface area contributed by atoms with Gasteiger partial charge in [0.05, 0.1) is 12.7 Å². The Morgan fingerprint density at radius 3 is 2.74 bits per heavy atom. The number of hydrogen-bond donors (Lipinski definition) is 1. The zero-order chi connectivity index (χ0) is 16.7. The predicted molar refractivity (Wildman–Crippen MR) is 87.6 cm³/mol. The van der Waals surface area contributed by atoms with Gasteiger partial charge >= 0.3 is 12.0 Å². The molecule has 0 aliphatic carbocycles. The Kier molecular flexibility index (Phi) is 6.40. The SMILES string of the molecule is CCN(CC1CCOCC1)C(=O)Nc1cccc(C(=O)OC)c1. The van der Waals surface area contributed by atoms with Crippen LogP contribution in [0.25, 0.3) is 0 Å². The monoisotopic (exact) mass is 320 g/mol. The van der Waals surface area contributed by atoms with Gasteiger partial charge in [-0.1, -0.05) is 6.07 Å². The molecule has 0 unspecified atom stereocenters. The maximum absolute atomic E-state index is 12.4. The molecule has 0 atom stereocenters. The van der Waals surface area contributed by atoms with Crippen molar-refractivity contribution >= 4 is 17.7 Å². The molecule has 0 bridgehead atoms. The Hall–Kier alpha value is -2.08. The predicted octanol–water partition coefficient (Wildman–Crippen LogP) is 2.75. The molecular weight excluding hydrogens is 296 g/mol. The third-order valence-corrected chi connectivity index (χ3v) is 4.02. The molecule has 1 fully saturated rings. The normalized spacial score (nSPS) is 15.0. The number of esters is 1. The maximum atomic E-state index is 12.4. The molecule has 1 aromatic rings. The molecule has 6 heteroatoms. The van der Waals surface area contributed by atoms with Gasteiger partial charge in [-0.3, -0.25) is 0 Å². The molecular formula is C17H24N2O4. The van der Waals surface area contributed by atoms with Gasteiger partial charge in [-0.2, -0.15) is 0 Å². The average molecular weight is 320 g/mol. The van der Waals surface area contributed by atoms with Crippen LogP contribution >= 0.6 is 0 Å². The van der Waals surface area contributed by atoms with Crippen molar-refractivity contribution in [2.24, 2.45) is 5.92 Å². The smallest absolute Gasteiger partial charge is 0.337 e. The lowest BCUT2D eigenvalue weighted by Crippen LogP contribution is -2.39. The molecule has 2 rings (SSSR count). The number of anilines is 1. The molecule has 0 radical (unpaired) electrons. The third-order valence-electron chi connectivity index (χ3n) is 4.02. The van der Waals surface area contributed by atoms with Gasteiger partial charge in [-0.05, 0) is 43.9 Å². The molecule has 23 heavy (non-hydrogen) atoms. The molecule has 0 spiro atoms. The zero-order valence-electron chi connectivity index (χ0n) is 13.7. The van der Waals surface area contributed by atoms with Crippen molar-refractivity contribution in [2.75, 3.05) is 38.7 Å². The van der Waals surface area contributed by atoms with Gasteiger partial charge in [-0.25, -0.2) is 9.59 Å². The van der Waals surface area contributed by atoms with Gasteiger partial charge in [-0.15, -0.1) is 0 Å². The van der Waals surface area contributed by atoms with Crippen molar-refractivity contribution in [1.82, 2.24) is 4.90 Å². The molecule has 1 heterocycles. The second kappa shape index (κ2) is 8.53. The molecule has 0 saturated carbocycles. The first-order chi connectivity index (χ1) is 11.1. The minimum absolute atomic E-state index is 0.152. The number of methoxy groups -OCH3 is 1. The molecule has 1 N–H and O–H groups in total. The van der Waals surface area contributed by atoms with Crippen LogP contribution in [0.2, 0.25) is 0 Å². The van der Waals surface area contributed by atoms with Gasteiger partial charge in [0.2, 0.25) is 0 Å². The lowest BCUT2D eigenvalue weighted by molar-refractivity contribution is 0.0576. The quantitative estimate of drug-likeness (QED) is 0.847. The van der Waals surface area contributed by atoms with Gasteiger partial charge < -0.3 is 19.7 Å². The summed E-state index contributed by atoms with van der Waals surface area (Å²) in [6, 6.07) is 6.59. The average Bonchev–Trinajstić information content (AvgIpc) is 2.60. The van der Waals surface area contributed by atoms with E-state index < -0.39 is 5.97 Å². The van der Waals surface area contributed by atoms with Gasteiger partial charge in [0.15, 0.2) is 0 Å². The fraction of sp³-hybridized carbons (Fsp3) is 0.529. The number of carbonyl (C=O) groups is 2. The van der Waals surface area contributed by atoms with Crippen molar-refractivity contribution < 1.29 is 19.1 Å². The number of nitrogens with zero attached hydrogens (tertiary/aromatic N) is 1. The highest BCUT2D eigenvalue weighted by Gasteiger charge is 2.20. The first-order valence-electron chi connectivity index (χ1n) is 7.96. The van der Waals surface area contributed by atoms with E-state index in [4.69, 9.17) is 9.47 Å². The summed E-state index contributed by atoms with van der Waals surface area (Å²) >= 11 is 0. The van der Waals surface area contributed by atoms with Crippen LogP contribution in [-0.2, 0) is 9.47 Å². The highest BCUT2D eigenvalue weighted by Crippen LogP contribution is 2.17. The molecule has 2 amide bonds. The molecule has 1 aliphatic rings. The Bertz CT molecular complexity index is 541. The number of carbonyl (C=O) groups excluding carboxylic acids is 2. The summed E-state index contributed by atoms with van der Waals surface area (Å²) in [5.74, 6) is 0.0616. The largest absolute Gasteiger partial charge is 0.465 e. The number of nitrogens with one attached hydrogen (secondary N) is 1. The molecule has 1 saturated heterocycles. The Morgan fingerprint density at radius 1 is 1.35 bits per heavy atom. The van der Waals surface area contributed by atoms with Gasteiger partial charge in [0.25, 0.3) is 0 Å². The summed E-state index contributed by atoms with van der Waals surface area (Å²) in [7, 11) is 1.33. The van der Waals surface area contributed by atoms with E-state index in [0.29, 0.717) is 23.7 Å². The third kappa shape index (κ3) is 4.96. The van der Waals surface area contributed by atoms with Crippen LogP contribution in [0, 0.1) is 5.92 Å². The Balaban J connectivity index is 1.97. The van der Waals surface area contributed by atoms with Crippen LogP contribution < -0.4 is 5.32 Å². The Morgan fingerprint density at radius 2 is 2.09 bits per heavy atom. The van der Waals surface area contributed by atoms with E-state index in [1.54, 1.807) is 29.2 Å². The highest BCUT2D eigenvalue weighted by molar-refractivity contribution is 5.93.